The molecule has 0 radical (unpaired) electrons. The second kappa shape index (κ2) is 7.76. The molecule has 0 aliphatic carbocycles. The second-order valence-corrected chi connectivity index (χ2v) is 5.48. The Balaban J connectivity index is 0.00000196. The molecule has 4 heterocycles. The monoisotopic (exact) mass is 365 g/mol. The van der Waals surface area contributed by atoms with E-state index in [2.05, 4.69) is 25.3 Å². The molecule has 0 fully saturated rings. The summed E-state index contributed by atoms with van der Waals surface area (Å²) in [7, 11) is 0. The van der Waals surface area contributed by atoms with Gasteiger partial charge in [-0.25, -0.2) is 15.0 Å². The van der Waals surface area contributed by atoms with Crippen molar-refractivity contribution in [2.75, 3.05) is 5.32 Å². The fourth-order valence-corrected chi connectivity index (χ4v) is 2.43. The Kier molecular flexibility index (Phi) is 5.24. The molecule has 0 saturated carbocycles. The van der Waals surface area contributed by atoms with Gasteiger partial charge in [0.1, 0.15) is 5.75 Å². The average Bonchev–Trinajstić information content (AvgIpc) is 2.64. The zero-order valence-corrected chi connectivity index (χ0v) is 14.8. The van der Waals surface area contributed by atoms with Crippen molar-refractivity contribution in [2.24, 2.45) is 0 Å². The molecule has 4 rings (SSSR count). The molecule has 0 aliphatic heterocycles. The van der Waals surface area contributed by atoms with Crippen LogP contribution in [0.5, 0.6) is 11.6 Å². The van der Waals surface area contributed by atoms with Crippen LogP contribution in [0, 0.1) is 6.92 Å². The number of fused-ring (bicyclic) bond motifs is 1. The zero-order valence-electron chi connectivity index (χ0n) is 14.0. The largest absolute Gasteiger partial charge is 0.437 e. The summed E-state index contributed by atoms with van der Waals surface area (Å²) in [5.74, 6) is 1.16. The fraction of sp³-hybridized carbons (Fsp3) is 0.0526. The van der Waals surface area contributed by atoms with Gasteiger partial charge in [0.2, 0.25) is 5.88 Å². The summed E-state index contributed by atoms with van der Waals surface area (Å²) >= 11 is 0. The van der Waals surface area contributed by atoms with Crippen LogP contribution in [0.4, 0.5) is 11.4 Å². The Bertz CT molecular complexity index is 1010. The Hall–Kier alpha value is -3.25. The molecule has 0 spiro atoms. The Morgan fingerprint density at radius 3 is 2.62 bits per heavy atom. The van der Waals surface area contributed by atoms with Crippen molar-refractivity contribution in [3.05, 3.63) is 72.9 Å². The fourth-order valence-electron chi connectivity index (χ4n) is 2.43. The van der Waals surface area contributed by atoms with Crippen molar-refractivity contribution in [3.8, 4) is 11.6 Å². The van der Waals surface area contributed by atoms with E-state index in [0.29, 0.717) is 11.6 Å². The van der Waals surface area contributed by atoms with Gasteiger partial charge in [-0.1, -0.05) is 0 Å². The third-order valence-electron chi connectivity index (χ3n) is 3.61. The molecule has 1 N–H and O–H groups in total. The van der Waals surface area contributed by atoms with E-state index in [9.17, 15) is 0 Å². The standard InChI is InChI=1S/C19H15N5O.ClH/c1-13-4-6-16-17(8-10-21-19(16)23-13)24-14-5-7-18(22-11-14)25-15-3-2-9-20-12-15;/h2-12H,1H3,(H,21,23,24);1H. The summed E-state index contributed by atoms with van der Waals surface area (Å²) in [5, 5.41) is 4.31. The first-order valence-corrected chi connectivity index (χ1v) is 7.81. The molecule has 130 valence electrons. The highest BCUT2D eigenvalue weighted by Crippen LogP contribution is 2.25. The van der Waals surface area contributed by atoms with E-state index in [1.807, 2.05) is 43.3 Å². The van der Waals surface area contributed by atoms with Gasteiger partial charge in [0.25, 0.3) is 0 Å². The second-order valence-electron chi connectivity index (χ2n) is 5.48. The normalized spacial score (nSPS) is 10.2. The van der Waals surface area contributed by atoms with Crippen molar-refractivity contribution in [1.82, 2.24) is 19.9 Å². The smallest absolute Gasteiger partial charge is 0.219 e. The topological polar surface area (TPSA) is 72.8 Å². The van der Waals surface area contributed by atoms with E-state index in [0.717, 1.165) is 28.1 Å². The van der Waals surface area contributed by atoms with Crippen molar-refractivity contribution in [3.63, 3.8) is 0 Å². The quantitative estimate of drug-likeness (QED) is 0.565. The Morgan fingerprint density at radius 1 is 0.923 bits per heavy atom. The first-order chi connectivity index (χ1) is 12.3. The molecular formula is C19H16ClN5O. The van der Waals surface area contributed by atoms with Crippen LogP contribution in [0.3, 0.4) is 0 Å². The Morgan fingerprint density at radius 2 is 1.85 bits per heavy atom. The van der Waals surface area contributed by atoms with Crippen LogP contribution < -0.4 is 10.1 Å². The van der Waals surface area contributed by atoms with Gasteiger partial charge in [-0.3, -0.25) is 4.98 Å². The highest BCUT2D eigenvalue weighted by molar-refractivity contribution is 5.90. The molecule has 0 amide bonds. The first kappa shape index (κ1) is 17.6. The molecule has 0 unspecified atom stereocenters. The predicted molar refractivity (Wildman–Crippen MR) is 103 cm³/mol. The van der Waals surface area contributed by atoms with Crippen LogP contribution in [0.1, 0.15) is 5.69 Å². The van der Waals surface area contributed by atoms with Gasteiger partial charge in [-0.2, -0.15) is 0 Å². The molecule has 0 bridgehead atoms. The van der Waals surface area contributed by atoms with Gasteiger partial charge >= 0.3 is 0 Å². The molecule has 0 aromatic carbocycles. The number of aromatic nitrogens is 4. The third-order valence-corrected chi connectivity index (χ3v) is 3.61. The number of ether oxygens (including phenoxy) is 1. The number of anilines is 2. The van der Waals surface area contributed by atoms with E-state index in [-0.39, 0.29) is 12.4 Å². The first-order valence-electron chi connectivity index (χ1n) is 7.81. The van der Waals surface area contributed by atoms with Gasteiger partial charge in [0, 0.05) is 29.5 Å². The highest BCUT2D eigenvalue weighted by atomic mass is 35.5. The van der Waals surface area contributed by atoms with Crippen LogP contribution in [0.25, 0.3) is 11.0 Å². The average molecular weight is 366 g/mol. The lowest BCUT2D eigenvalue weighted by molar-refractivity contribution is 0.461. The number of hydrogen-bond acceptors (Lipinski definition) is 6. The zero-order chi connectivity index (χ0) is 17.1. The van der Waals surface area contributed by atoms with Crippen LogP contribution in [-0.4, -0.2) is 19.9 Å². The number of aryl methyl sites for hydroxylation is 1. The van der Waals surface area contributed by atoms with Gasteiger partial charge in [-0.15, -0.1) is 12.4 Å². The van der Waals surface area contributed by atoms with E-state index in [4.69, 9.17) is 4.74 Å². The van der Waals surface area contributed by atoms with Crippen LogP contribution in [-0.2, 0) is 0 Å². The van der Waals surface area contributed by atoms with E-state index in [1.165, 1.54) is 0 Å². The van der Waals surface area contributed by atoms with Gasteiger partial charge in [-0.05, 0) is 43.3 Å². The molecule has 0 atom stereocenters. The molecular weight excluding hydrogens is 350 g/mol. The maximum absolute atomic E-state index is 5.65. The SMILES string of the molecule is Cc1ccc2c(Nc3ccc(Oc4cccnc4)nc3)ccnc2n1.Cl. The minimum Gasteiger partial charge on any atom is -0.437 e. The van der Waals surface area contributed by atoms with Crippen molar-refractivity contribution in [2.45, 2.75) is 6.92 Å². The molecule has 0 aliphatic rings. The van der Waals surface area contributed by atoms with Crippen LogP contribution >= 0.6 is 12.4 Å². The van der Waals surface area contributed by atoms with Crippen LogP contribution in [0.2, 0.25) is 0 Å². The maximum Gasteiger partial charge on any atom is 0.219 e. The number of pyridine rings is 4. The number of nitrogens with one attached hydrogen (secondary N) is 1. The van der Waals surface area contributed by atoms with Crippen molar-refractivity contribution >= 4 is 34.8 Å². The van der Waals surface area contributed by atoms with Crippen molar-refractivity contribution < 1.29 is 4.74 Å². The maximum atomic E-state index is 5.65. The van der Waals surface area contributed by atoms with Crippen molar-refractivity contribution in [1.29, 1.82) is 0 Å². The van der Waals surface area contributed by atoms with E-state index >= 15 is 0 Å². The molecule has 7 heteroatoms. The summed E-state index contributed by atoms with van der Waals surface area (Å²) in [5.41, 5.74) is 3.44. The van der Waals surface area contributed by atoms with Gasteiger partial charge < -0.3 is 10.1 Å². The van der Waals surface area contributed by atoms with E-state index in [1.54, 1.807) is 30.9 Å². The summed E-state index contributed by atoms with van der Waals surface area (Å²) in [6, 6.07) is 13.3. The number of nitrogens with zero attached hydrogens (tertiary/aromatic N) is 4. The van der Waals surface area contributed by atoms with Gasteiger partial charge in [0.05, 0.1) is 23.8 Å². The molecule has 6 nitrogen and oxygen atoms in total. The number of rotatable bonds is 4. The number of halogens is 1. The lowest BCUT2D eigenvalue weighted by Gasteiger charge is -2.10. The minimum atomic E-state index is 0. The van der Waals surface area contributed by atoms with E-state index < -0.39 is 0 Å². The Labute approximate surface area is 156 Å². The number of hydrogen-bond donors (Lipinski definition) is 1. The summed E-state index contributed by atoms with van der Waals surface area (Å²) in [6.07, 6.45) is 6.80. The molecule has 26 heavy (non-hydrogen) atoms. The van der Waals surface area contributed by atoms with Crippen LogP contribution in [0.15, 0.2) is 67.3 Å². The third kappa shape index (κ3) is 3.87. The highest BCUT2D eigenvalue weighted by Gasteiger charge is 2.05. The van der Waals surface area contributed by atoms with Gasteiger partial charge in [0.15, 0.2) is 5.65 Å². The predicted octanol–water partition coefficient (Wildman–Crippen LogP) is 4.69. The lowest BCUT2D eigenvalue weighted by atomic mass is 10.2. The summed E-state index contributed by atoms with van der Waals surface area (Å²) < 4.78 is 5.65. The summed E-state index contributed by atoms with van der Waals surface area (Å²) in [4.78, 5) is 17.1. The summed E-state index contributed by atoms with van der Waals surface area (Å²) in [6.45, 7) is 1.95. The molecule has 4 aromatic heterocycles. The molecule has 4 aromatic rings. The minimum absolute atomic E-state index is 0. The lowest BCUT2D eigenvalue weighted by Crippen LogP contribution is -1.96. The molecule has 0 saturated heterocycles.